The first kappa shape index (κ1) is 19.4. The molecule has 1 N–H and O–H groups in total. The second kappa shape index (κ2) is 7.87. The van der Waals surface area contributed by atoms with E-state index in [2.05, 4.69) is 52.2 Å². The van der Waals surface area contributed by atoms with Crippen molar-refractivity contribution in [3.63, 3.8) is 0 Å². The number of fused-ring (bicyclic) bond motifs is 1. The molecule has 3 heterocycles. The molecule has 0 radical (unpaired) electrons. The van der Waals surface area contributed by atoms with Gasteiger partial charge >= 0.3 is 6.03 Å². The number of hydrogen-bond donors (Lipinski definition) is 1. The Balaban J connectivity index is 1.44. The molecule has 1 aliphatic heterocycles. The van der Waals surface area contributed by atoms with Crippen LogP contribution in [0.1, 0.15) is 16.0 Å². The Kier molecular flexibility index (Phi) is 5.27. The Hall–Kier alpha value is -2.87. The van der Waals surface area contributed by atoms with Crippen LogP contribution in [0.25, 0.3) is 10.3 Å². The first-order chi connectivity index (χ1) is 13.9. The molecule has 152 valence electrons. The summed E-state index contributed by atoms with van der Waals surface area (Å²) in [6.45, 7) is 9.11. The predicted octanol–water partition coefficient (Wildman–Crippen LogP) is 3.98. The molecule has 1 aliphatic rings. The van der Waals surface area contributed by atoms with Crippen molar-refractivity contribution in [1.82, 2.24) is 14.9 Å². The molecule has 8 heteroatoms. The van der Waals surface area contributed by atoms with Crippen molar-refractivity contribution in [2.24, 2.45) is 0 Å². The molecule has 0 spiro atoms. The topological polar surface area (TPSA) is 70.6 Å². The van der Waals surface area contributed by atoms with Crippen LogP contribution >= 0.6 is 11.3 Å². The van der Waals surface area contributed by atoms with Crippen molar-refractivity contribution in [2.45, 2.75) is 20.8 Å². The number of aromatic nitrogens is 2. The second-order valence-corrected chi connectivity index (χ2v) is 8.61. The zero-order valence-electron chi connectivity index (χ0n) is 17.2. The fourth-order valence-corrected chi connectivity index (χ4v) is 4.49. The molecule has 3 aromatic rings. The van der Waals surface area contributed by atoms with Gasteiger partial charge in [-0.1, -0.05) is 6.07 Å². The van der Waals surface area contributed by atoms with E-state index >= 15 is 0 Å². The van der Waals surface area contributed by atoms with Crippen LogP contribution in [0.3, 0.4) is 0 Å². The Morgan fingerprint density at radius 3 is 2.38 bits per heavy atom. The highest BCUT2D eigenvalue weighted by Gasteiger charge is 2.23. The maximum atomic E-state index is 12.8. The molecule has 7 nitrogen and oxygen atoms in total. The van der Waals surface area contributed by atoms with Crippen LogP contribution in [0.15, 0.2) is 24.3 Å². The highest BCUT2D eigenvalue weighted by molar-refractivity contribution is 7.18. The van der Waals surface area contributed by atoms with E-state index in [9.17, 15) is 4.79 Å². The van der Waals surface area contributed by atoms with Crippen LogP contribution in [0, 0.1) is 20.8 Å². The lowest BCUT2D eigenvalue weighted by Crippen LogP contribution is -2.50. The number of amides is 2. The summed E-state index contributed by atoms with van der Waals surface area (Å²) in [5.41, 5.74) is 4.51. The van der Waals surface area contributed by atoms with Crippen molar-refractivity contribution < 1.29 is 9.53 Å². The number of urea groups is 1. The van der Waals surface area contributed by atoms with Gasteiger partial charge in [-0.25, -0.2) is 14.8 Å². The molecular formula is C21H25N5O2S. The quantitative estimate of drug-likeness (QED) is 0.706. The van der Waals surface area contributed by atoms with E-state index in [4.69, 9.17) is 4.74 Å². The van der Waals surface area contributed by atoms with Gasteiger partial charge in [-0.3, -0.25) is 5.32 Å². The SMILES string of the molecule is COc1nc2cc(C)sc2nc1NC(=O)N1CCN(c2cc(C)cc(C)c2)CC1. The molecule has 0 bridgehead atoms. The molecular weight excluding hydrogens is 386 g/mol. The van der Waals surface area contributed by atoms with Gasteiger partial charge in [0, 0.05) is 36.7 Å². The fraction of sp³-hybridized carbons (Fsp3) is 0.381. The van der Waals surface area contributed by atoms with Crippen LogP contribution in [-0.2, 0) is 0 Å². The fourth-order valence-electron chi connectivity index (χ4n) is 3.67. The number of thiophene rings is 1. The number of aryl methyl sites for hydroxylation is 3. The Morgan fingerprint density at radius 2 is 1.72 bits per heavy atom. The third-order valence-electron chi connectivity index (χ3n) is 5.01. The molecule has 1 saturated heterocycles. The van der Waals surface area contributed by atoms with Crippen LogP contribution in [0.5, 0.6) is 5.88 Å². The zero-order valence-corrected chi connectivity index (χ0v) is 18.0. The molecule has 1 fully saturated rings. The summed E-state index contributed by atoms with van der Waals surface area (Å²) in [5, 5.41) is 2.88. The number of nitrogens with one attached hydrogen (secondary N) is 1. The number of benzene rings is 1. The van der Waals surface area contributed by atoms with E-state index in [0.29, 0.717) is 24.8 Å². The van der Waals surface area contributed by atoms with Gasteiger partial charge in [0.2, 0.25) is 0 Å². The van der Waals surface area contributed by atoms with Crippen molar-refractivity contribution in [3.8, 4) is 5.88 Å². The minimum atomic E-state index is -0.176. The normalized spacial score (nSPS) is 14.3. The van der Waals surface area contributed by atoms with Gasteiger partial charge in [-0.15, -0.1) is 11.3 Å². The van der Waals surface area contributed by atoms with Gasteiger partial charge in [0.1, 0.15) is 10.3 Å². The number of rotatable bonds is 3. The van der Waals surface area contributed by atoms with Crippen LogP contribution in [0.2, 0.25) is 0 Å². The lowest BCUT2D eigenvalue weighted by Gasteiger charge is -2.36. The molecule has 0 aliphatic carbocycles. The maximum Gasteiger partial charge on any atom is 0.323 e. The molecule has 2 amide bonds. The van der Waals surface area contributed by atoms with Crippen molar-refractivity contribution in [3.05, 3.63) is 40.3 Å². The lowest BCUT2D eigenvalue weighted by atomic mass is 10.1. The standard InChI is InChI=1S/C21H25N5O2S/c1-13-9-14(2)11-16(10-13)25-5-7-26(8-6-25)21(27)24-18-19(28-4)22-17-12-15(3)29-20(17)23-18/h9-12H,5-8H2,1-4H3,(H,23,24,27). The van der Waals surface area contributed by atoms with Gasteiger partial charge < -0.3 is 14.5 Å². The van der Waals surface area contributed by atoms with E-state index in [1.54, 1.807) is 11.3 Å². The molecule has 2 aromatic heterocycles. The molecule has 29 heavy (non-hydrogen) atoms. The predicted molar refractivity (Wildman–Crippen MR) is 117 cm³/mol. The van der Waals surface area contributed by atoms with Gasteiger partial charge in [-0.05, 0) is 50.1 Å². The summed E-state index contributed by atoms with van der Waals surface area (Å²) in [6, 6.07) is 8.36. The lowest BCUT2D eigenvalue weighted by molar-refractivity contribution is 0.208. The third kappa shape index (κ3) is 4.12. The summed E-state index contributed by atoms with van der Waals surface area (Å²) in [5.74, 6) is 0.695. The van der Waals surface area contributed by atoms with Crippen LogP contribution in [0.4, 0.5) is 16.3 Å². The molecule has 0 unspecified atom stereocenters. The summed E-state index contributed by atoms with van der Waals surface area (Å²) in [7, 11) is 1.54. The van der Waals surface area contributed by atoms with E-state index in [-0.39, 0.29) is 6.03 Å². The summed E-state index contributed by atoms with van der Waals surface area (Å²) in [4.78, 5) is 27.9. The molecule has 0 atom stereocenters. The minimum Gasteiger partial charge on any atom is -0.478 e. The Morgan fingerprint density at radius 1 is 1.03 bits per heavy atom. The minimum absolute atomic E-state index is 0.176. The summed E-state index contributed by atoms with van der Waals surface area (Å²) in [6.07, 6.45) is 0. The number of carbonyl (C=O) groups excluding carboxylic acids is 1. The number of carbonyl (C=O) groups is 1. The maximum absolute atomic E-state index is 12.8. The van der Waals surface area contributed by atoms with E-state index in [1.807, 2.05) is 17.9 Å². The van der Waals surface area contributed by atoms with E-state index < -0.39 is 0 Å². The first-order valence-electron chi connectivity index (χ1n) is 9.64. The highest BCUT2D eigenvalue weighted by atomic mass is 32.1. The summed E-state index contributed by atoms with van der Waals surface area (Å²) < 4.78 is 5.34. The number of hydrogen-bond acceptors (Lipinski definition) is 6. The largest absolute Gasteiger partial charge is 0.478 e. The monoisotopic (exact) mass is 411 g/mol. The zero-order chi connectivity index (χ0) is 20.5. The molecule has 1 aromatic carbocycles. The van der Waals surface area contributed by atoms with Gasteiger partial charge in [0.25, 0.3) is 5.88 Å². The average Bonchev–Trinajstić information content (AvgIpc) is 3.05. The van der Waals surface area contributed by atoms with E-state index in [1.165, 1.54) is 23.9 Å². The van der Waals surface area contributed by atoms with Crippen LogP contribution in [-0.4, -0.2) is 54.2 Å². The number of ether oxygens (including phenoxy) is 1. The Labute approximate surface area is 174 Å². The molecule has 4 rings (SSSR count). The summed E-state index contributed by atoms with van der Waals surface area (Å²) >= 11 is 1.55. The number of methoxy groups -OCH3 is 1. The number of piperazine rings is 1. The van der Waals surface area contributed by atoms with Gasteiger partial charge in [0.05, 0.1) is 7.11 Å². The average molecular weight is 412 g/mol. The molecule has 0 saturated carbocycles. The van der Waals surface area contributed by atoms with Crippen molar-refractivity contribution in [2.75, 3.05) is 43.5 Å². The van der Waals surface area contributed by atoms with Gasteiger partial charge in [0.15, 0.2) is 5.82 Å². The van der Waals surface area contributed by atoms with E-state index in [0.717, 1.165) is 28.3 Å². The van der Waals surface area contributed by atoms with Crippen molar-refractivity contribution >= 4 is 39.2 Å². The van der Waals surface area contributed by atoms with Gasteiger partial charge in [-0.2, -0.15) is 0 Å². The smallest absolute Gasteiger partial charge is 0.323 e. The van der Waals surface area contributed by atoms with Crippen LogP contribution < -0.4 is 15.0 Å². The second-order valence-electron chi connectivity index (χ2n) is 7.38. The first-order valence-corrected chi connectivity index (χ1v) is 10.5. The number of anilines is 2. The Bertz CT molecular complexity index is 1040. The van der Waals surface area contributed by atoms with Crippen molar-refractivity contribution in [1.29, 1.82) is 0 Å². The number of nitrogens with zero attached hydrogens (tertiary/aromatic N) is 4. The third-order valence-corrected chi connectivity index (χ3v) is 5.95. The highest BCUT2D eigenvalue weighted by Crippen LogP contribution is 2.29.